The highest BCUT2D eigenvalue weighted by atomic mass is 16.5. The van der Waals surface area contributed by atoms with Gasteiger partial charge >= 0.3 is 5.97 Å². The lowest BCUT2D eigenvalue weighted by atomic mass is 10.2. The highest BCUT2D eigenvalue weighted by Gasteiger charge is 2.01. The van der Waals surface area contributed by atoms with Crippen LogP contribution in [0.5, 0.6) is 5.75 Å². The second-order valence-electron chi connectivity index (χ2n) is 2.63. The largest absolute Gasteiger partial charge is 0.426 e. The standard InChI is InChI=1S/C11H12O2/c1-3-6-10-7-4-5-8-11(10)13-9(2)12/h3-8H,1-2H3/b6-3+. The van der Waals surface area contributed by atoms with Crippen molar-refractivity contribution in [1.82, 2.24) is 0 Å². The Balaban J connectivity index is 2.97. The monoisotopic (exact) mass is 176 g/mol. The molecule has 0 fully saturated rings. The van der Waals surface area contributed by atoms with Crippen LogP contribution in [-0.2, 0) is 4.79 Å². The molecular formula is C11H12O2. The Morgan fingerprint density at radius 2 is 2.08 bits per heavy atom. The van der Waals surface area contributed by atoms with Gasteiger partial charge in [0.05, 0.1) is 0 Å². The molecule has 0 heterocycles. The molecule has 2 heteroatoms. The molecular weight excluding hydrogens is 164 g/mol. The Kier molecular flexibility index (Phi) is 3.26. The summed E-state index contributed by atoms with van der Waals surface area (Å²) in [5, 5.41) is 0. The van der Waals surface area contributed by atoms with Crippen molar-refractivity contribution in [3.63, 3.8) is 0 Å². The van der Waals surface area contributed by atoms with Crippen LogP contribution >= 0.6 is 0 Å². The van der Waals surface area contributed by atoms with Crippen molar-refractivity contribution in [3.05, 3.63) is 35.9 Å². The number of para-hydroxylation sites is 1. The van der Waals surface area contributed by atoms with Crippen molar-refractivity contribution in [2.24, 2.45) is 0 Å². The molecule has 0 aliphatic carbocycles. The third kappa shape index (κ3) is 2.75. The van der Waals surface area contributed by atoms with Crippen LogP contribution in [0.2, 0.25) is 0 Å². The Hall–Kier alpha value is -1.57. The zero-order valence-electron chi connectivity index (χ0n) is 7.78. The van der Waals surface area contributed by atoms with E-state index in [1.54, 1.807) is 6.07 Å². The zero-order chi connectivity index (χ0) is 9.68. The van der Waals surface area contributed by atoms with Crippen molar-refractivity contribution in [1.29, 1.82) is 0 Å². The normalized spacial score (nSPS) is 10.3. The highest BCUT2D eigenvalue weighted by molar-refractivity contribution is 5.71. The molecule has 0 saturated carbocycles. The zero-order valence-corrected chi connectivity index (χ0v) is 7.78. The maximum absolute atomic E-state index is 10.7. The van der Waals surface area contributed by atoms with Gasteiger partial charge in [-0.3, -0.25) is 4.79 Å². The second-order valence-corrected chi connectivity index (χ2v) is 2.63. The van der Waals surface area contributed by atoms with Gasteiger partial charge in [-0.2, -0.15) is 0 Å². The van der Waals surface area contributed by atoms with E-state index in [9.17, 15) is 4.79 Å². The van der Waals surface area contributed by atoms with Gasteiger partial charge in [0.15, 0.2) is 0 Å². The van der Waals surface area contributed by atoms with E-state index in [0.717, 1.165) is 5.56 Å². The van der Waals surface area contributed by atoms with Gasteiger partial charge in [-0.25, -0.2) is 0 Å². The van der Waals surface area contributed by atoms with E-state index in [0.29, 0.717) is 5.75 Å². The average Bonchev–Trinajstić information content (AvgIpc) is 2.08. The van der Waals surface area contributed by atoms with Crippen LogP contribution in [0.3, 0.4) is 0 Å². The van der Waals surface area contributed by atoms with Crippen molar-refractivity contribution < 1.29 is 9.53 Å². The Labute approximate surface area is 77.8 Å². The number of rotatable bonds is 2. The summed E-state index contributed by atoms with van der Waals surface area (Å²) < 4.78 is 5.01. The quantitative estimate of drug-likeness (QED) is 0.511. The molecule has 2 nitrogen and oxygen atoms in total. The first-order valence-corrected chi connectivity index (χ1v) is 4.14. The Bertz CT molecular complexity index is 327. The SMILES string of the molecule is C/C=C/c1ccccc1OC(C)=O. The molecule has 0 spiro atoms. The van der Waals surface area contributed by atoms with Crippen LogP contribution in [0.1, 0.15) is 19.4 Å². The predicted molar refractivity (Wildman–Crippen MR) is 52.5 cm³/mol. The molecule has 0 amide bonds. The molecule has 0 aromatic heterocycles. The molecule has 0 aliphatic heterocycles. The van der Waals surface area contributed by atoms with Crippen LogP contribution in [-0.4, -0.2) is 5.97 Å². The summed E-state index contributed by atoms with van der Waals surface area (Å²) >= 11 is 0. The number of hydrogen-bond acceptors (Lipinski definition) is 2. The lowest BCUT2D eigenvalue weighted by Gasteiger charge is -2.03. The maximum Gasteiger partial charge on any atom is 0.308 e. The van der Waals surface area contributed by atoms with E-state index in [4.69, 9.17) is 4.74 Å². The fourth-order valence-corrected chi connectivity index (χ4v) is 1.05. The van der Waals surface area contributed by atoms with E-state index in [-0.39, 0.29) is 5.97 Å². The third-order valence-electron chi connectivity index (χ3n) is 1.52. The van der Waals surface area contributed by atoms with E-state index < -0.39 is 0 Å². The molecule has 68 valence electrons. The van der Waals surface area contributed by atoms with Crippen LogP contribution < -0.4 is 4.74 Å². The summed E-state index contributed by atoms with van der Waals surface area (Å²) in [6.07, 6.45) is 3.81. The van der Waals surface area contributed by atoms with E-state index in [1.807, 2.05) is 37.3 Å². The molecule has 0 bridgehead atoms. The third-order valence-corrected chi connectivity index (χ3v) is 1.52. The van der Waals surface area contributed by atoms with Gasteiger partial charge in [0.25, 0.3) is 0 Å². The predicted octanol–water partition coefficient (Wildman–Crippen LogP) is 2.65. The Morgan fingerprint density at radius 3 is 2.69 bits per heavy atom. The summed E-state index contributed by atoms with van der Waals surface area (Å²) in [6.45, 7) is 3.32. The van der Waals surface area contributed by atoms with Crippen molar-refractivity contribution in [2.75, 3.05) is 0 Å². The minimum Gasteiger partial charge on any atom is -0.426 e. The second kappa shape index (κ2) is 4.45. The first kappa shape index (κ1) is 9.52. The van der Waals surface area contributed by atoms with E-state index >= 15 is 0 Å². The lowest BCUT2D eigenvalue weighted by molar-refractivity contribution is -0.131. The highest BCUT2D eigenvalue weighted by Crippen LogP contribution is 2.19. The number of carbonyl (C=O) groups excluding carboxylic acids is 1. The molecule has 0 N–H and O–H groups in total. The number of hydrogen-bond donors (Lipinski definition) is 0. The topological polar surface area (TPSA) is 26.3 Å². The summed E-state index contributed by atoms with van der Waals surface area (Å²) in [5.41, 5.74) is 0.917. The summed E-state index contributed by atoms with van der Waals surface area (Å²) in [6, 6.07) is 7.42. The smallest absolute Gasteiger partial charge is 0.308 e. The van der Waals surface area contributed by atoms with Crippen LogP contribution in [0.15, 0.2) is 30.3 Å². The van der Waals surface area contributed by atoms with E-state index in [2.05, 4.69) is 0 Å². The van der Waals surface area contributed by atoms with Gasteiger partial charge in [0.2, 0.25) is 0 Å². The van der Waals surface area contributed by atoms with Gasteiger partial charge in [0, 0.05) is 12.5 Å². The summed E-state index contributed by atoms with van der Waals surface area (Å²) in [5.74, 6) is 0.310. The molecule has 0 radical (unpaired) electrons. The van der Waals surface area contributed by atoms with Crippen LogP contribution in [0.25, 0.3) is 6.08 Å². The average molecular weight is 176 g/mol. The van der Waals surface area contributed by atoms with Crippen LogP contribution in [0, 0.1) is 0 Å². The molecule has 1 rings (SSSR count). The van der Waals surface area contributed by atoms with Crippen molar-refractivity contribution >= 4 is 12.0 Å². The molecule has 0 aliphatic rings. The van der Waals surface area contributed by atoms with Gasteiger partial charge in [-0.05, 0) is 13.0 Å². The number of carbonyl (C=O) groups is 1. The fraction of sp³-hybridized carbons (Fsp3) is 0.182. The first-order chi connectivity index (χ1) is 6.24. The number of ether oxygens (including phenoxy) is 1. The fourth-order valence-electron chi connectivity index (χ4n) is 1.05. The molecule has 13 heavy (non-hydrogen) atoms. The summed E-state index contributed by atoms with van der Waals surface area (Å²) in [7, 11) is 0. The Morgan fingerprint density at radius 1 is 1.38 bits per heavy atom. The molecule has 1 aromatic carbocycles. The molecule has 1 aromatic rings. The summed E-state index contributed by atoms with van der Waals surface area (Å²) in [4.78, 5) is 10.7. The minimum atomic E-state index is -0.294. The minimum absolute atomic E-state index is 0.294. The van der Waals surface area contributed by atoms with Gasteiger partial charge in [-0.1, -0.05) is 30.4 Å². The van der Waals surface area contributed by atoms with Crippen LogP contribution in [0.4, 0.5) is 0 Å². The van der Waals surface area contributed by atoms with E-state index in [1.165, 1.54) is 6.92 Å². The van der Waals surface area contributed by atoms with Gasteiger partial charge in [-0.15, -0.1) is 0 Å². The lowest BCUT2D eigenvalue weighted by Crippen LogP contribution is -2.02. The number of esters is 1. The molecule has 0 unspecified atom stereocenters. The first-order valence-electron chi connectivity index (χ1n) is 4.14. The maximum atomic E-state index is 10.7. The number of allylic oxidation sites excluding steroid dienone is 1. The van der Waals surface area contributed by atoms with Crippen molar-refractivity contribution in [2.45, 2.75) is 13.8 Å². The van der Waals surface area contributed by atoms with Gasteiger partial charge in [0.1, 0.15) is 5.75 Å². The molecule has 0 atom stereocenters. The van der Waals surface area contributed by atoms with Gasteiger partial charge < -0.3 is 4.74 Å². The molecule has 0 saturated heterocycles. The van der Waals surface area contributed by atoms with Crippen molar-refractivity contribution in [3.8, 4) is 5.75 Å². The number of benzene rings is 1.